The molecule has 0 saturated heterocycles. The van der Waals surface area contributed by atoms with E-state index in [2.05, 4.69) is 20.5 Å². The number of sulfonamides is 1. The number of carbonyl (C=O) groups is 1. The first kappa shape index (κ1) is 20.1. The van der Waals surface area contributed by atoms with Crippen LogP contribution in [0.25, 0.3) is 17.0 Å². The number of pyridine rings is 1. The fourth-order valence-electron chi connectivity index (χ4n) is 3.29. The van der Waals surface area contributed by atoms with Crippen molar-refractivity contribution in [1.29, 1.82) is 0 Å². The maximum Gasteiger partial charge on any atom is 0.273 e. The Morgan fingerprint density at radius 1 is 1.17 bits per heavy atom. The highest BCUT2D eigenvalue weighted by Gasteiger charge is 2.17. The van der Waals surface area contributed by atoms with E-state index in [4.69, 9.17) is 0 Å². The lowest BCUT2D eigenvalue weighted by Crippen LogP contribution is -2.28. The number of thiophene rings is 1. The molecule has 8 heteroatoms. The Hall–Kier alpha value is -3.23. The average Bonchev–Trinajstić information content (AvgIpc) is 3.37. The molecule has 0 aliphatic carbocycles. The van der Waals surface area contributed by atoms with Gasteiger partial charge in [0.05, 0.1) is 17.8 Å². The summed E-state index contributed by atoms with van der Waals surface area (Å²) in [6.07, 6.45) is 6.69. The normalized spacial score (nSPS) is 11.9. The molecular weight excluding hydrogens is 418 g/mol. The van der Waals surface area contributed by atoms with Crippen molar-refractivity contribution < 1.29 is 13.2 Å². The van der Waals surface area contributed by atoms with Crippen molar-refractivity contribution in [2.24, 2.45) is 0 Å². The van der Waals surface area contributed by atoms with E-state index in [1.54, 1.807) is 23.7 Å². The number of aromatic nitrogens is 2. The maximum atomic E-state index is 12.3. The van der Waals surface area contributed by atoms with E-state index in [1.165, 1.54) is 12.1 Å². The van der Waals surface area contributed by atoms with Crippen molar-refractivity contribution in [2.45, 2.75) is 17.7 Å². The molecule has 0 fully saturated rings. The van der Waals surface area contributed by atoms with Gasteiger partial charge < -0.3 is 4.57 Å². The number of hydrogen-bond acceptors (Lipinski definition) is 5. The molecule has 3 heterocycles. The topological polar surface area (TPSA) is 81.1 Å². The number of nitrogens with zero attached hydrogens (tertiary/aromatic N) is 2. The van der Waals surface area contributed by atoms with E-state index in [0.717, 1.165) is 39.1 Å². The third-order valence-electron chi connectivity index (χ3n) is 4.60. The number of amides is 1. The van der Waals surface area contributed by atoms with Crippen LogP contribution in [0, 0.1) is 6.92 Å². The van der Waals surface area contributed by atoms with Crippen molar-refractivity contribution in [2.75, 3.05) is 0 Å². The Bertz CT molecular complexity index is 1320. The van der Waals surface area contributed by atoms with Gasteiger partial charge in [0.1, 0.15) is 4.21 Å². The summed E-state index contributed by atoms with van der Waals surface area (Å²) in [5.41, 5.74) is 3.82. The van der Waals surface area contributed by atoms with Crippen LogP contribution in [0.5, 0.6) is 0 Å². The van der Waals surface area contributed by atoms with Crippen LogP contribution < -0.4 is 4.72 Å². The van der Waals surface area contributed by atoms with Gasteiger partial charge in [-0.05, 0) is 47.7 Å². The largest absolute Gasteiger partial charge is 0.341 e. The van der Waals surface area contributed by atoms with Gasteiger partial charge in [-0.2, -0.15) is 0 Å². The summed E-state index contributed by atoms with van der Waals surface area (Å²) in [5.74, 6) is -0.694. The average molecular weight is 438 g/mol. The molecule has 6 nitrogen and oxygen atoms in total. The summed E-state index contributed by atoms with van der Waals surface area (Å²) in [4.78, 5) is 16.6. The van der Waals surface area contributed by atoms with Gasteiger partial charge in [-0.15, -0.1) is 11.3 Å². The summed E-state index contributed by atoms with van der Waals surface area (Å²) in [7, 11) is -3.85. The zero-order chi connectivity index (χ0) is 21.1. The number of carbonyl (C=O) groups excluding carboxylic acids is 1. The maximum absolute atomic E-state index is 12.3. The number of para-hydroxylation sites is 1. The summed E-state index contributed by atoms with van der Waals surface area (Å²) < 4.78 is 28.7. The predicted octanol–water partition coefficient (Wildman–Crippen LogP) is 3.97. The Kier molecular flexibility index (Phi) is 5.52. The lowest BCUT2D eigenvalue weighted by Gasteiger charge is -2.07. The first-order valence-electron chi connectivity index (χ1n) is 9.21. The first-order valence-corrected chi connectivity index (χ1v) is 11.6. The second kappa shape index (κ2) is 8.25. The number of hydrogen-bond donors (Lipinski definition) is 1. The van der Waals surface area contributed by atoms with Gasteiger partial charge >= 0.3 is 0 Å². The molecule has 4 rings (SSSR count). The lowest BCUT2D eigenvalue weighted by atomic mass is 10.1. The molecule has 0 spiro atoms. The molecular formula is C22H19N3O3S2. The van der Waals surface area contributed by atoms with Crippen molar-refractivity contribution >= 4 is 44.2 Å². The van der Waals surface area contributed by atoms with E-state index in [9.17, 15) is 13.2 Å². The van der Waals surface area contributed by atoms with Crippen molar-refractivity contribution in [3.63, 3.8) is 0 Å². The molecule has 0 aliphatic heterocycles. The van der Waals surface area contributed by atoms with Crippen LogP contribution in [-0.4, -0.2) is 23.9 Å². The highest BCUT2D eigenvalue weighted by Crippen LogP contribution is 2.26. The van der Waals surface area contributed by atoms with Crippen LogP contribution in [0.2, 0.25) is 0 Å². The van der Waals surface area contributed by atoms with Crippen molar-refractivity contribution in [3.8, 4) is 0 Å². The Balaban J connectivity index is 1.63. The monoisotopic (exact) mass is 437 g/mol. The minimum atomic E-state index is -3.85. The molecule has 1 amide bonds. The Morgan fingerprint density at radius 3 is 2.77 bits per heavy atom. The number of benzene rings is 1. The zero-order valence-corrected chi connectivity index (χ0v) is 17.8. The fourth-order valence-corrected chi connectivity index (χ4v) is 5.23. The number of rotatable bonds is 6. The number of fused-ring (bicyclic) bond motifs is 1. The van der Waals surface area contributed by atoms with Crippen LogP contribution in [0.15, 0.2) is 76.6 Å². The number of nitrogens with one attached hydrogen (secondary N) is 1. The van der Waals surface area contributed by atoms with Gasteiger partial charge in [0.15, 0.2) is 0 Å². The van der Waals surface area contributed by atoms with Crippen molar-refractivity contribution in [1.82, 2.24) is 14.3 Å². The second-order valence-corrected chi connectivity index (χ2v) is 9.60. The summed E-state index contributed by atoms with van der Waals surface area (Å²) in [5, 5.41) is 2.72. The molecule has 0 bridgehead atoms. The smallest absolute Gasteiger partial charge is 0.273 e. The molecule has 0 saturated carbocycles. The van der Waals surface area contributed by atoms with Gasteiger partial charge in [0, 0.05) is 23.9 Å². The number of aryl methyl sites for hydroxylation is 1. The molecule has 0 atom stereocenters. The Labute approximate surface area is 178 Å². The SMILES string of the molecule is Cc1cn(Cc2ccccn2)c2c(/C=C/C(=O)NS(=O)(=O)c3cccs3)cccc12. The third-order valence-corrected chi connectivity index (χ3v) is 7.34. The molecule has 1 aromatic carbocycles. The molecule has 0 unspecified atom stereocenters. The van der Waals surface area contributed by atoms with E-state index in [-0.39, 0.29) is 4.21 Å². The quantitative estimate of drug-likeness (QED) is 0.463. The minimum absolute atomic E-state index is 0.103. The minimum Gasteiger partial charge on any atom is -0.341 e. The van der Waals surface area contributed by atoms with Crippen LogP contribution >= 0.6 is 11.3 Å². The van der Waals surface area contributed by atoms with E-state index >= 15 is 0 Å². The molecule has 1 N–H and O–H groups in total. The fraction of sp³-hybridized carbons (Fsp3) is 0.0909. The van der Waals surface area contributed by atoms with E-state index in [1.807, 2.05) is 43.3 Å². The highest BCUT2D eigenvalue weighted by atomic mass is 32.2. The predicted molar refractivity (Wildman–Crippen MR) is 119 cm³/mol. The van der Waals surface area contributed by atoms with Crippen LogP contribution in [0.1, 0.15) is 16.8 Å². The van der Waals surface area contributed by atoms with Crippen molar-refractivity contribution in [3.05, 3.63) is 89.2 Å². The summed E-state index contributed by atoms with van der Waals surface area (Å²) >= 11 is 1.06. The van der Waals surface area contributed by atoms with Crippen LogP contribution in [0.4, 0.5) is 0 Å². The first-order chi connectivity index (χ1) is 14.4. The van der Waals surface area contributed by atoms with Gasteiger partial charge in [-0.25, -0.2) is 13.1 Å². The van der Waals surface area contributed by atoms with E-state index < -0.39 is 15.9 Å². The van der Waals surface area contributed by atoms with Crippen LogP contribution in [0.3, 0.4) is 0 Å². The van der Waals surface area contributed by atoms with E-state index in [0.29, 0.717) is 6.54 Å². The van der Waals surface area contributed by atoms with Gasteiger partial charge in [0.2, 0.25) is 0 Å². The van der Waals surface area contributed by atoms with Gasteiger partial charge in [0.25, 0.3) is 15.9 Å². The summed E-state index contributed by atoms with van der Waals surface area (Å²) in [6, 6.07) is 14.7. The molecule has 4 aromatic rings. The molecule has 0 aliphatic rings. The third kappa shape index (κ3) is 4.19. The van der Waals surface area contributed by atoms with Gasteiger partial charge in [-0.1, -0.05) is 30.3 Å². The van der Waals surface area contributed by atoms with Crippen LogP contribution in [-0.2, 0) is 21.4 Å². The zero-order valence-electron chi connectivity index (χ0n) is 16.1. The second-order valence-electron chi connectivity index (χ2n) is 6.74. The molecule has 3 aromatic heterocycles. The Morgan fingerprint density at radius 2 is 2.03 bits per heavy atom. The molecule has 152 valence electrons. The highest BCUT2D eigenvalue weighted by molar-refractivity contribution is 7.92. The standard InChI is InChI=1S/C22H19N3O3S2/c1-16-14-25(15-18-7-2-3-12-23-18)22-17(6-4-8-19(16)22)10-11-20(26)24-30(27,28)21-9-5-13-29-21/h2-14H,15H2,1H3,(H,24,26)/b11-10+. The molecule has 30 heavy (non-hydrogen) atoms. The van der Waals surface area contributed by atoms with Gasteiger partial charge in [-0.3, -0.25) is 9.78 Å². The lowest BCUT2D eigenvalue weighted by molar-refractivity contribution is -0.114. The summed E-state index contributed by atoms with van der Waals surface area (Å²) in [6.45, 7) is 2.63. The molecule has 0 radical (unpaired) electrons.